The SMILES string of the molecule is Cc1cc(S(=O)(=O)Nc2cccc(NC(N)=O)c2)sc1Br. The van der Waals surface area contributed by atoms with Crippen molar-refractivity contribution >= 4 is 54.7 Å². The van der Waals surface area contributed by atoms with E-state index in [4.69, 9.17) is 5.73 Å². The lowest BCUT2D eigenvalue weighted by atomic mass is 10.3. The Kier molecular flexibility index (Phi) is 4.55. The van der Waals surface area contributed by atoms with Crippen LogP contribution in [0.2, 0.25) is 0 Å². The van der Waals surface area contributed by atoms with Crippen molar-refractivity contribution in [1.29, 1.82) is 0 Å². The van der Waals surface area contributed by atoms with Crippen LogP contribution >= 0.6 is 27.3 Å². The van der Waals surface area contributed by atoms with Crippen molar-refractivity contribution in [1.82, 2.24) is 0 Å². The largest absolute Gasteiger partial charge is 0.351 e. The van der Waals surface area contributed by atoms with E-state index in [0.29, 0.717) is 11.4 Å². The Morgan fingerprint density at radius 1 is 1.29 bits per heavy atom. The molecule has 21 heavy (non-hydrogen) atoms. The van der Waals surface area contributed by atoms with E-state index < -0.39 is 16.1 Å². The predicted octanol–water partition coefficient (Wildman–Crippen LogP) is 3.11. The molecule has 4 N–H and O–H groups in total. The molecule has 1 aromatic carbocycles. The number of nitrogens with two attached hydrogens (primary N) is 1. The summed E-state index contributed by atoms with van der Waals surface area (Å²) in [6.45, 7) is 1.82. The van der Waals surface area contributed by atoms with E-state index in [1.165, 1.54) is 6.07 Å². The second-order valence-electron chi connectivity index (χ2n) is 4.20. The molecule has 112 valence electrons. The lowest BCUT2D eigenvalue weighted by molar-refractivity contribution is 0.259. The van der Waals surface area contributed by atoms with E-state index in [-0.39, 0.29) is 4.21 Å². The second kappa shape index (κ2) is 6.04. The molecule has 2 amide bonds. The van der Waals surface area contributed by atoms with E-state index in [1.54, 1.807) is 24.3 Å². The molecule has 0 spiro atoms. The van der Waals surface area contributed by atoms with Crippen molar-refractivity contribution in [3.05, 3.63) is 39.7 Å². The van der Waals surface area contributed by atoms with E-state index in [9.17, 15) is 13.2 Å². The summed E-state index contributed by atoms with van der Waals surface area (Å²) in [4.78, 5) is 10.8. The lowest BCUT2D eigenvalue weighted by Crippen LogP contribution is -2.19. The van der Waals surface area contributed by atoms with Gasteiger partial charge < -0.3 is 11.1 Å². The zero-order valence-corrected chi connectivity index (χ0v) is 14.1. The van der Waals surface area contributed by atoms with Crippen LogP contribution in [0.15, 0.2) is 38.3 Å². The fourth-order valence-electron chi connectivity index (χ4n) is 1.57. The molecule has 2 rings (SSSR count). The third kappa shape index (κ3) is 3.96. The Bertz CT molecular complexity index is 767. The number of rotatable bonds is 4. The summed E-state index contributed by atoms with van der Waals surface area (Å²) in [5, 5.41) is 2.38. The van der Waals surface area contributed by atoms with Gasteiger partial charge in [-0.1, -0.05) is 6.07 Å². The van der Waals surface area contributed by atoms with E-state index in [2.05, 4.69) is 26.0 Å². The molecule has 0 aliphatic carbocycles. The van der Waals surface area contributed by atoms with Crippen LogP contribution in [-0.2, 0) is 10.0 Å². The maximum Gasteiger partial charge on any atom is 0.316 e. The van der Waals surface area contributed by atoms with E-state index in [1.807, 2.05) is 6.92 Å². The van der Waals surface area contributed by atoms with E-state index >= 15 is 0 Å². The van der Waals surface area contributed by atoms with Gasteiger partial charge in [-0.15, -0.1) is 11.3 Å². The molecule has 0 radical (unpaired) electrons. The maximum absolute atomic E-state index is 12.3. The summed E-state index contributed by atoms with van der Waals surface area (Å²) in [6, 6.07) is 7.15. The number of sulfonamides is 1. The average Bonchev–Trinajstić information content (AvgIpc) is 2.69. The van der Waals surface area contributed by atoms with Gasteiger partial charge >= 0.3 is 6.03 Å². The number of hydrogen-bond acceptors (Lipinski definition) is 4. The standard InChI is InChI=1S/C12H12BrN3O3S2/c1-7-5-10(20-11(7)13)21(18,19)16-9-4-2-3-8(6-9)15-12(14)17/h2-6,16H,1H3,(H3,14,15,17). The van der Waals surface area contributed by atoms with Gasteiger partial charge in [0.15, 0.2) is 0 Å². The minimum absolute atomic E-state index is 0.208. The fraction of sp³-hybridized carbons (Fsp3) is 0.0833. The Balaban J connectivity index is 2.26. The number of amides is 2. The first kappa shape index (κ1) is 15.8. The van der Waals surface area contributed by atoms with Gasteiger partial charge in [0, 0.05) is 5.69 Å². The molecule has 1 aromatic heterocycles. The summed E-state index contributed by atoms with van der Waals surface area (Å²) >= 11 is 4.43. The number of benzene rings is 1. The molecule has 1 heterocycles. The number of hydrogen-bond donors (Lipinski definition) is 3. The number of halogens is 1. The smallest absolute Gasteiger partial charge is 0.316 e. The van der Waals surface area contributed by atoms with Crippen molar-refractivity contribution in [2.75, 3.05) is 10.0 Å². The minimum atomic E-state index is -3.67. The highest BCUT2D eigenvalue weighted by Gasteiger charge is 2.18. The van der Waals surface area contributed by atoms with Crippen molar-refractivity contribution < 1.29 is 13.2 Å². The monoisotopic (exact) mass is 389 g/mol. The van der Waals surface area contributed by atoms with Crippen molar-refractivity contribution in [2.24, 2.45) is 5.73 Å². The van der Waals surface area contributed by atoms with Crippen LogP contribution in [-0.4, -0.2) is 14.4 Å². The molecule has 0 fully saturated rings. The summed E-state index contributed by atoms with van der Waals surface area (Å²) < 4.78 is 28.0. The second-order valence-corrected chi connectivity index (χ2v) is 8.48. The molecule has 0 saturated heterocycles. The van der Waals surface area contributed by atoms with Gasteiger partial charge in [0.05, 0.1) is 9.47 Å². The van der Waals surface area contributed by atoms with Crippen molar-refractivity contribution in [3.63, 3.8) is 0 Å². The first-order valence-electron chi connectivity index (χ1n) is 5.73. The highest BCUT2D eigenvalue weighted by Crippen LogP contribution is 2.31. The number of carbonyl (C=O) groups excluding carboxylic acids is 1. The van der Waals surface area contributed by atoms with E-state index in [0.717, 1.165) is 20.7 Å². The quantitative estimate of drug-likeness (QED) is 0.748. The highest BCUT2D eigenvalue weighted by molar-refractivity contribution is 9.11. The molecule has 9 heteroatoms. The number of anilines is 2. The van der Waals surface area contributed by atoms with Crippen molar-refractivity contribution in [3.8, 4) is 0 Å². The molecule has 2 aromatic rings. The highest BCUT2D eigenvalue weighted by atomic mass is 79.9. The zero-order valence-electron chi connectivity index (χ0n) is 10.9. The van der Waals surface area contributed by atoms with Crippen LogP contribution in [0.1, 0.15) is 5.56 Å². The number of nitrogens with one attached hydrogen (secondary N) is 2. The number of primary amides is 1. The minimum Gasteiger partial charge on any atom is -0.351 e. The van der Waals surface area contributed by atoms with Crippen LogP contribution in [0.3, 0.4) is 0 Å². The Morgan fingerprint density at radius 3 is 2.52 bits per heavy atom. The molecular weight excluding hydrogens is 378 g/mol. The number of aryl methyl sites for hydroxylation is 1. The summed E-state index contributed by atoms with van der Waals surface area (Å²) in [7, 11) is -3.67. The fourth-order valence-corrected chi connectivity index (χ4v) is 4.85. The van der Waals surface area contributed by atoms with Crippen LogP contribution in [0.4, 0.5) is 16.2 Å². The Morgan fingerprint density at radius 2 is 1.95 bits per heavy atom. The zero-order chi connectivity index (χ0) is 15.6. The summed E-state index contributed by atoms with van der Waals surface area (Å²) in [5.41, 5.74) is 6.62. The lowest BCUT2D eigenvalue weighted by Gasteiger charge is -2.08. The first-order valence-corrected chi connectivity index (χ1v) is 8.82. The number of thiophene rings is 1. The topological polar surface area (TPSA) is 101 Å². The number of carbonyl (C=O) groups is 1. The van der Waals surface area contributed by atoms with Crippen LogP contribution < -0.4 is 15.8 Å². The molecule has 0 aliphatic rings. The van der Waals surface area contributed by atoms with Crippen LogP contribution in [0.5, 0.6) is 0 Å². The summed E-state index contributed by atoms with van der Waals surface area (Å²) in [6.07, 6.45) is 0. The van der Waals surface area contributed by atoms with Gasteiger partial charge in [-0.2, -0.15) is 0 Å². The molecular formula is C12H12BrN3O3S2. The van der Waals surface area contributed by atoms with Gasteiger partial charge in [-0.05, 0) is 52.7 Å². The maximum atomic E-state index is 12.3. The van der Waals surface area contributed by atoms with Gasteiger partial charge in [0.1, 0.15) is 4.21 Å². The normalized spacial score (nSPS) is 11.1. The summed E-state index contributed by atoms with van der Waals surface area (Å²) in [5.74, 6) is 0. The average molecular weight is 390 g/mol. The third-order valence-electron chi connectivity index (χ3n) is 2.48. The Hall–Kier alpha value is -1.58. The first-order chi connectivity index (χ1) is 9.78. The van der Waals surface area contributed by atoms with Gasteiger partial charge in [0.25, 0.3) is 10.0 Å². The predicted molar refractivity (Wildman–Crippen MR) is 87.2 cm³/mol. The van der Waals surface area contributed by atoms with Gasteiger partial charge in [-0.3, -0.25) is 4.72 Å². The number of urea groups is 1. The molecule has 0 bridgehead atoms. The van der Waals surface area contributed by atoms with Crippen LogP contribution in [0, 0.1) is 6.92 Å². The Labute approximate surface area is 134 Å². The molecule has 0 saturated carbocycles. The molecule has 0 atom stereocenters. The van der Waals surface area contributed by atoms with Crippen LogP contribution in [0.25, 0.3) is 0 Å². The molecule has 0 unspecified atom stereocenters. The van der Waals surface area contributed by atoms with Gasteiger partial charge in [0.2, 0.25) is 0 Å². The third-order valence-corrected chi connectivity index (χ3v) is 6.47. The van der Waals surface area contributed by atoms with Gasteiger partial charge in [-0.25, -0.2) is 13.2 Å². The van der Waals surface area contributed by atoms with Crippen molar-refractivity contribution in [2.45, 2.75) is 11.1 Å². The molecule has 6 nitrogen and oxygen atoms in total. The molecule has 0 aliphatic heterocycles.